The van der Waals surface area contributed by atoms with Crippen molar-refractivity contribution in [2.45, 2.75) is 64.4 Å². The van der Waals surface area contributed by atoms with Gasteiger partial charge in [0.1, 0.15) is 28.3 Å². The number of halogens is 2. The number of amides is 2. The number of hydrogen-bond donors (Lipinski definition) is 2. The van der Waals surface area contributed by atoms with Crippen LogP contribution in [0, 0.1) is 5.92 Å². The van der Waals surface area contributed by atoms with Gasteiger partial charge in [-0.3, -0.25) is 9.20 Å². The zero-order valence-corrected chi connectivity index (χ0v) is 23.4. The van der Waals surface area contributed by atoms with Gasteiger partial charge in [-0.05, 0) is 69.9 Å². The van der Waals surface area contributed by atoms with E-state index in [1.54, 1.807) is 39.9 Å². The summed E-state index contributed by atoms with van der Waals surface area (Å²) >= 11 is 0. The van der Waals surface area contributed by atoms with E-state index in [9.17, 15) is 23.5 Å². The number of alkyl halides is 2. The smallest absolute Gasteiger partial charge is 0.410 e. The second-order valence-corrected chi connectivity index (χ2v) is 11.4. The van der Waals surface area contributed by atoms with Crippen molar-refractivity contribution in [3.63, 3.8) is 0 Å². The molecule has 0 radical (unpaired) electrons. The van der Waals surface area contributed by atoms with Gasteiger partial charge in [0, 0.05) is 36.8 Å². The highest BCUT2D eigenvalue weighted by atomic mass is 19.3. The highest BCUT2D eigenvalue weighted by Crippen LogP contribution is 2.38. The van der Waals surface area contributed by atoms with Crippen LogP contribution in [0.1, 0.15) is 62.1 Å². The molecule has 2 atom stereocenters. The molecule has 3 heterocycles. The Hall–Kier alpha value is -3.93. The van der Waals surface area contributed by atoms with Crippen LogP contribution in [0.25, 0.3) is 16.9 Å². The molecule has 0 bridgehead atoms. The number of aromatic nitrogens is 2. The zero-order chi connectivity index (χ0) is 29.5. The third-order valence-electron chi connectivity index (χ3n) is 7.14. The number of fused-ring (bicyclic) bond motifs is 1. The topological polar surface area (TPSA) is 115 Å². The summed E-state index contributed by atoms with van der Waals surface area (Å²) in [5.74, 6) is -0.924. The number of benzene rings is 1. The van der Waals surface area contributed by atoms with E-state index in [2.05, 4.69) is 10.3 Å². The summed E-state index contributed by atoms with van der Waals surface area (Å²) in [5, 5.41) is 13.9. The number of hydrogen-bond acceptors (Lipinski definition) is 7. The Morgan fingerprint density at radius 3 is 2.54 bits per heavy atom. The average molecular weight is 573 g/mol. The Morgan fingerprint density at radius 2 is 1.88 bits per heavy atom. The van der Waals surface area contributed by atoms with Gasteiger partial charge in [-0.25, -0.2) is 9.78 Å². The van der Waals surface area contributed by atoms with Crippen LogP contribution in [-0.4, -0.2) is 69.8 Å². The highest BCUT2D eigenvalue weighted by molar-refractivity contribution is 6.01. The van der Waals surface area contributed by atoms with Crippen molar-refractivity contribution in [1.82, 2.24) is 19.6 Å². The van der Waals surface area contributed by atoms with Crippen LogP contribution in [0.15, 0.2) is 36.7 Å². The number of carbonyl (C=O) groups is 2. The minimum Gasteiger partial charge on any atom is -0.496 e. The summed E-state index contributed by atoms with van der Waals surface area (Å²) in [4.78, 5) is 31.3. The SMILES string of the molecule is COc1cc(-c2cnc3cc(C(O)C4CCN(C(=O)OC(C)(C)C)C4)ccn23)cc(OC(F)F)c1C(=O)NC1CC1. The van der Waals surface area contributed by atoms with E-state index in [1.807, 2.05) is 20.8 Å². The fourth-order valence-electron chi connectivity index (χ4n) is 5.00. The number of aliphatic hydroxyl groups excluding tert-OH is 1. The molecule has 0 spiro atoms. The molecule has 1 saturated heterocycles. The van der Waals surface area contributed by atoms with Gasteiger partial charge in [0.05, 0.1) is 25.1 Å². The van der Waals surface area contributed by atoms with E-state index in [4.69, 9.17) is 14.2 Å². The molecule has 1 saturated carbocycles. The van der Waals surface area contributed by atoms with Crippen molar-refractivity contribution < 1.29 is 37.7 Å². The van der Waals surface area contributed by atoms with E-state index in [0.717, 1.165) is 12.8 Å². The predicted octanol–water partition coefficient (Wildman–Crippen LogP) is 4.79. The molecule has 10 nitrogen and oxygen atoms in total. The van der Waals surface area contributed by atoms with E-state index >= 15 is 0 Å². The first-order chi connectivity index (χ1) is 19.4. The monoisotopic (exact) mass is 572 g/mol. The van der Waals surface area contributed by atoms with Gasteiger partial charge in [-0.1, -0.05) is 0 Å². The maximum atomic E-state index is 13.3. The van der Waals surface area contributed by atoms with Gasteiger partial charge in [0.15, 0.2) is 0 Å². The second kappa shape index (κ2) is 11.2. The van der Waals surface area contributed by atoms with E-state index < -0.39 is 30.3 Å². The van der Waals surface area contributed by atoms with Crippen LogP contribution in [-0.2, 0) is 4.74 Å². The number of nitrogens with zero attached hydrogens (tertiary/aromatic N) is 3. The zero-order valence-electron chi connectivity index (χ0n) is 23.4. The van der Waals surface area contributed by atoms with E-state index in [1.165, 1.54) is 13.2 Å². The minimum atomic E-state index is -3.14. The molecule has 2 unspecified atom stereocenters. The van der Waals surface area contributed by atoms with Gasteiger partial charge in [-0.15, -0.1) is 0 Å². The maximum Gasteiger partial charge on any atom is 0.410 e. The number of likely N-dealkylation sites (tertiary alicyclic amines) is 1. The van der Waals surface area contributed by atoms with Crippen LogP contribution in [0.2, 0.25) is 0 Å². The number of nitrogens with one attached hydrogen (secondary N) is 1. The van der Waals surface area contributed by atoms with Crippen molar-refractivity contribution >= 4 is 17.6 Å². The standard InChI is InChI=1S/C29H34F2N4O6/c1-29(2,3)41-28(38)34-9-7-17(15-34)25(36)16-8-10-35-20(14-32-23(35)13-16)18-11-21(39-4)24(22(12-18)40-27(30)31)26(37)33-19-5-6-19/h8,10-14,17,19,25,27,36H,5-7,9,15H2,1-4H3,(H,33,37). The van der Waals surface area contributed by atoms with E-state index in [0.29, 0.717) is 42.0 Å². The van der Waals surface area contributed by atoms with Crippen molar-refractivity contribution in [3.05, 3.63) is 47.8 Å². The molecule has 2 fully saturated rings. The summed E-state index contributed by atoms with van der Waals surface area (Å²) in [7, 11) is 1.36. The Morgan fingerprint density at radius 1 is 1.15 bits per heavy atom. The lowest BCUT2D eigenvalue weighted by molar-refractivity contribution is -0.0502. The summed E-state index contributed by atoms with van der Waals surface area (Å²) in [6.07, 6.45) is 4.35. The fourth-order valence-corrected chi connectivity index (χ4v) is 5.00. The van der Waals surface area contributed by atoms with Crippen LogP contribution >= 0.6 is 0 Å². The summed E-state index contributed by atoms with van der Waals surface area (Å²) in [6, 6.07) is 6.46. The second-order valence-electron chi connectivity index (χ2n) is 11.4. The molecule has 41 heavy (non-hydrogen) atoms. The van der Waals surface area contributed by atoms with Crippen LogP contribution in [0.4, 0.5) is 13.6 Å². The molecule has 1 aromatic carbocycles. The molecular formula is C29H34F2N4O6. The molecule has 2 aliphatic rings. The first-order valence-electron chi connectivity index (χ1n) is 13.5. The Balaban J connectivity index is 1.40. The summed E-state index contributed by atoms with van der Waals surface area (Å²) in [6.45, 7) is 3.15. The quantitative estimate of drug-likeness (QED) is 0.399. The number of aliphatic hydroxyl groups is 1. The molecular weight excluding hydrogens is 538 g/mol. The van der Waals surface area contributed by atoms with Crippen molar-refractivity contribution in [2.24, 2.45) is 5.92 Å². The molecule has 2 aromatic heterocycles. The molecule has 1 aliphatic carbocycles. The van der Waals surface area contributed by atoms with E-state index in [-0.39, 0.29) is 29.0 Å². The summed E-state index contributed by atoms with van der Waals surface area (Å²) < 4.78 is 44.0. The normalized spacial score (nSPS) is 18.0. The Bertz CT molecular complexity index is 1450. The predicted molar refractivity (Wildman–Crippen MR) is 145 cm³/mol. The molecule has 220 valence electrons. The lowest BCUT2D eigenvalue weighted by Crippen LogP contribution is -2.35. The number of pyridine rings is 1. The third kappa shape index (κ3) is 6.37. The lowest BCUT2D eigenvalue weighted by Gasteiger charge is -2.25. The van der Waals surface area contributed by atoms with Gasteiger partial charge in [0.25, 0.3) is 5.91 Å². The lowest BCUT2D eigenvalue weighted by atomic mass is 9.96. The fraction of sp³-hybridized carbons (Fsp3) is 0.483. The summed E-state index contributed by atoms with van der Waals surface area (Å²) in [5.41, 5.74) is 1.45. The number of imidazole rings is 1. The van der Waals surface area contributed by atoms with Crippen molar-refractivity contribution in [3.8, 4) is 22.8 Å². The minimum absolute atomic E-state index is 0.0132. The van der Waals surface area contributed by atoms with Crippen LogP contribution in [0.3, 0.4) is 0 Å². The number of ether oxygens (including phenoxy) is 3. The van der Waals surface area contributed by atoms with Gasteiger partial charge in [0.2, 0.25) is 0 Å². The largest absolute Gasteiger partial charge is 0.496 e. The third-order valence-corrected chi connectivity index (χ3v) is 7.14. The number of carbonyl (C=O) groups excluding carboxylic acids is 2. The first-order valence-corrected chi connectivity index (χ1v) is 13.5. The van der Waals surface area contributed by atoms with Gasteiger partial charge < -0.3 is 29.5 Å². The molecule has 2 N–H and O–H groups in total. The molecule has 5 rings (SSSR count). The van der Waals surface area contributed by atoms with Crippen molar-refractivity contribution in [1.29, 1.82) is 0 Å². The Labute approximate surface area is 236 Å². The molecule has 12 heteroatoms. The van der Waals surface area contributed by atoms with Gasteiger partial charge >= 0.3 is 12.7 Å². The van der Waals surface area contributed by atoms with Crippen molar-refractivity contribution in [2.75, 3.05) is 20.2 Å². The van der Waals surface area contributed by atoms with Crippen LogP contribution < -0.4 is 14.8 Å². The highest BCUT2D eigenvalue weighted by Gasteiger charge is 2.34. The average Bonchev–Trinajstić information content (AvgIpc) is 3.40. The maximum absolute atomic E-state index is 13.3. The first kappa shape index (κ1) is 28.6. The number of rotatable bonds is 8. The Kier molecular flexibility index (Phi) is 7.78. The molecule has 1 aliphatic heterocycles. The molecule has 2 amide bonds. The molecule has 3 aromatic rings. The van der Waals surface area contributed by atoms with Gasteiger partial charge in [-0.2, -0.15) is 8.78 Å². The number of methoxy groups -OCH3 is 1. The van der Waals surface area contributed by atoms with Crippen LogP contribution in [0.5, 0.6) is 11.5 Å².